The molecular weight excluding hydrogens is 699 g/mol. The Labute approximate surface area is 327 Å². The van der Waals surface area contributed by atoms with Gasteiger partial charge in [0.2, 0.25) is 0 Å². The van der Waals surface area contributed by atoms with Crippen LogP contribution in [-0.4, -0.2) is 24.9 Å². The summed E-state index contributed by atoms with van der Waals surface area (Å²) in [5, 5.41) is 2.13. The maximum absolute atomic E-state index is 6.15. The number of hydrogen-bond acceptors (Lipinski definition) is 6. The van der Waals surface area contributed by atoms with Gasteiger partial charge in [-0.3, -0.25) is 0 Å². The molecule has 0 saturated heterocycles. The Morgan fingerprint density at radius 3 is 1.42 bits per heavy atom. The molecule has 0 N–H and O–H groups in total. The molecule has 0 fully saturated rings. The summed E-state index contributed by atoms with van der Waals surface area (Å²) in [6.07, 6.45) is 0. The topological polar surface area (TPSA) is 77.6 Å². The summed E-state index contributed by atoms with van der Waals surface area (Å²) in [4.78, 5) is 25.0. The molecule has 0 radical (unpaired) electrons. The van der Waals surface area contributed by atoms with Crippen LogP contribution in [0, 0.1) is 0 Å². The summed E-state index contributed by atoms with van der Waals surface area (Å²) in [5.74, 6) is 1.87. The average Bonchev–Trinajstić information content (AvgIpc) is 3.65. The predicted molar refractivity (Wildman–Crippen MR) is 230 cm³/mol. The van der Waals surface area contributed by atoms with Crippen LogP contribution in [0.3, 0.4) is 0 Å². The minimum absolute atomic E-state index is 0.615. The third-order valence-corrected chi connectivity index (χ3v) is 10.5. The fraction of sp³-hybridized carbons (Fsp3) is 0. The van der Waals surface area contributed by atoms with Crippen molar-refractivity contribution < 1.29 is 4.42 Å². The maximum Gasteiger partial charge on any atom is 0.164 e. The zero-order chi connectivity index (χ0) is 37.7. The molecule has 0 aliphatic rings. The van der Waals surface area contributed by atoms with Gasteiger partial charge in [-0.15, -0.1) is 0 Å². The van der Waals surface area contributed by atoms with Crippen LogP contribution in [0.1, 0.15) is 0 Å². The molecule has 0 amide bonds. The first kappa shape index (κ1) is 32.6. The van der Waals surface area contributed by atoms with Crippen LogP contribution in [0.4, 0.5) is 0 Å². The van der Waals surface area contributed by atoms with Gasteiger partial charge in [-0.05, 0) is 69.8 Å². The van der Waals surface area contributed by atoms with Crippen LogP contribution in [-0.2, 0) is 0 Å². The molecule has 8 aromatic carbocycles. The number of nitrogens with zero attached hydrogens (tertiary/aromatic N) is 5. The van der Waals surface area contributed by atoms with Crippen molar-refractivity contribution in [1.82, 2.24) is 24.9 Å². The second-order valence-corrected chi connectivity index (χ2v) is 14.1. The molecule has 266 valence electrons. The van der Waals surface area contributed by atoms with Gasteiger partial charge in [-0.1, -0.05) is 146 Å². The van der Waals surface area contributed by atoms with Gasteiger partial charge < -0.3 is 4.42 Å². The van der Waals surface area contributed by atoms with E-state index in [1.54, 1.807) is 0 Å². The molecule has 11 rings (SSSR count). The van der Waals surface area contributed by atoms with Crippen molar-refractivity contribution >= 4 is 44.0 Å². The van der Waals surface area contributed by atoms with Crippen LogP contribution < -0.4 is 0 Å². The predicted octanol–water partition coefficient (Wildman–Crippen LogP) is 12.9. The smallest absolute Gasteiger partial charge is 0.164 e. The highest BCUT2D eigenvalue weighted by molar-refractivity contribution is 6.09. The molecule has 0 saturated carbocycles. The quantitative estimate of drug-likeness (QED) is 0.159. The fourth-order valence-electron chi connectivity index (χ4n) is 7.58. The van der Waals surface area contributed by atoms with Crippen LogP contribution >= 0.6 is 0 Å². The van der Waals surface area contributed by atoms with E-state index in [0.717, 1.165) is 88.5 Å². The van der Waals surface area contributed by atoms with E-state index in [0.29, 0.717) is 17.5 Å². The average molecular weight is 730 g/mol. The molecule has 3 heterocycles. The second-order valence-electron chi connectivity index (χ2n) is 14.1. The molecule has 0 aliphatic heterocycles. The first-order valence-electron chi connectivity index (χ1n) is 18.9. The molecule has 0 aliphatic carbocycles. The van der Waals surface area contributed by atoms with Crippen molar-refractivity contribution in [2.75, 3.05) is 0 Å². The van der Waals surface area contributed by atoms with E-state index in [1.807, 2.05) is 60.7 Å². The zero-order valence-electron chi connectivity index (χ0n) is 30.5. The lowest BCUT2D eigenvalue weighted by Crippen LogP contribution is -2.00. The van der Waals surface area contributed by atoms with Crippen molar-refractivity contribution in [2.45, 2.75) is 0 Å². The van der Waals surface area contributed by atoms with Crippen LogP contribution in [0.5, 0.6) is 0 Å². The van der Waals surface area contributed by atoms with Crippen LogP contribution in [0.25, 0.3) is 112 Å². The molecule has 0 unspecified atom stereocenters. The van der Waals surface area contributed by atoms with Gasteiger partial charge in [0.1, 0.15) is 11.2 Å². The molecule has 0 atom stereocenters. The summed E-state index contributed by atoms with van der Waals surface area (Å²) in [6.45, 7) is 0. The Bertz CT molecular complexity index is 3290. The minimum Gasteiger partial charge on any atom is -0.456 e. The molecule has 0 spiro atoms. The Morgan fingerprint density at radius 1 is 0.246 bits per heavy atom. The van der Waals surface area contributed by atoms with Crippen molar-refractivity contribution in [3.05, 3.63) is 188 Å². The van der Waals surface area contributed by atoms with Gasteiger partial charge in [0.25, 0.3) is 0 Å². The lowest BCUT2D eigenvalue weighted by Gasteiger charge is -2.11. The van der Waals surface area contributed by atoms with Gasteiger partial charge in [0, 0.05) is 33.5 Å². The Morgan fingerprint density at radius 2 is 0.702 bits per heavy atom. The summed E-state index contributed by atoms with van der Waals surface area (Å²) in [6, 6.07) is 64.3. The first-order chi connectivity index (χ1) is 28.2. The van der Waals surface area contributed by atoms with Gasteiger partial charge >= 0.3 is 0 Å². The Kier molecular flexibility index (Phi) is 7.71. The summed E-state index contributed by atoms with van der Waals surface area (Å²) < 4.78 is 6.15. The third kappa shape index (κ3) is 6.06. The summed E-state index contributed by atoms with van der Waals surface area (Å²) in [5.41, 5.74) is 14.4. The minimum atomic E-state index is 0.615. The highest BCUT2D eigenvalue weighted by Gasteiger charge is 2.15. The Balaban J connectivity index is 0.946. The van der Waals surface area contributed by atoms with E-state index >= 15 is 0 Å². The highest BCUT2D eigenvalue weighted by Crippen LogP contribution is 2.34. The van der Waals surface area contributed by atoms with Gasteiger partial charge in [-0.2, -0.15) is 0 Å². The standard InChI is InChI=1S/C51H31N5O/c1-3-11-32(12-4-1)33-21-23-35(24-22-33)50-54-49(34-13-5-2-6-14-34)55-51(56-50)40-18-10-17-38(28-40)36-15-9-16-37(27-36)39-25-26-43-44(29-39)53-46-31-48-42(30-45(46)52-43)41-19-7-8-20-47(41)57-48/h1-31H. The van der Waals surface area contributed by atoms with Gasteiger partial charge in [0.05, 0.1) is 22.1 Å². The number of hydrogen-bond donors (Lipinski definition) is 0. The van der Waals surface area contributed by atoms with E-state index in [1.165, 1.54) is 5.56 Å². The third-order valence-electron chi connectivity index (χ3n) is 10.5. The highest BCUT2D eigenvalue weighted by atomic mass is 16.3. The Hall–Kier alpha value is -7.83. The normalized spacial score (nSPS) is 11.5. The molecule has 3 aromatic heterocycles. The van der Waals surface area contributed by atoms with E-state index < -0.39 is 0 Å². The maximum atomic E-state index is 6.15. The molecule has 6 heteroatoms. The van der Waals surface area contributed by atoms with E-state index in [4.69, 9.17) is 29.3 Å². The molecule has 6 nitrogen and oxygen atoms in total. The number of para-hydroxylation sites is 1. The van der Waals surface area contributed by atoms with Crippen LogP contribution in [0.2, 0.25) is 0 Å². The van der Waals surface area contributed by atoms with Crippen LogP contribution in [0.15, 0.2) is 192 Å². The van der Waals surface area contributed by atoms with E-state index in [9.17, 15) is 0 Å². The molecule has 11 aromatic rings. The summed E-state index contributed by atoms with van der Waals surface area (Å²) in [7, 11) is 0. The number of fused-ring (bicyclic) bond motifs is 5. The van der Waals surface area contributed by atoms with Crippen molar-refractivity contribution in [1.29, 1.82) is 0 Å². The van der Waals surface area contributed by atoms with Crippen molar-refractivity contribution in [3.63, 3.8) is 0 Å². The lowest BCUT2D eigenvalue weighted by atomic mass is 9.97. The lowest BCUT2D eigenvalue weighted by molar-refractivity contribution is 0.669. The second kappa shape index (κ2) is 13.5. The SMILES string of the molecule is c1ccc(-c2ccc(-c3nc(-c4ccccc4)nc(-c4cccc(-c5cccc(-c6ccc7nc8cc9c(cc8nc7c6)oc6ccccc69)c5)c4)n3)cc2)cc1. The van der Waals surface area contributed by atoms with Gasteiger partial charge in [0.15, 0.2) is 17.5 Å². The fourth-order valence-corrected chi connectivity index (χ4v) is 7.58. The van der Waals surface area contributed by atoms with Gasteiger partial charge in [-0.25, -0.2) is 24.9 Å². The zero-order valence-corrected chi connectivity index (χ0v) is 30.5. The summed E-state index contributed by atoms with van der Waals surface area (Å²) >= 11 is 0. The van der Waals surface area contributed by atoms with E-state index in [-0.39, 0.29) is 0 Å². The number of furan rings is 1. The van der Waals surface area contributed by atoms with Crippen molar-refractivity contribution in [3.8, 4) is 67.5 Å². The molecule has 57 heavy (non-hydrogen) atoms. The van der Waals surface area contributed by atoms with E-state index in [2.05, 4.69) is 127 Å². The largest absolute Gasteiger partial charge is 0.456 e. The molecule has 0 bridgehead atoms. The molecular formula is C51H31N5O. The number of benzene rings is 8. The van der Waals surface area contributed by atoms with Crippen molar-refractivity contribution in [2.24, 2.45) is 0 Å². The number of rotatable bonds is 6. The first-order valence-corrected chi connectivity index (χ1v) is 18.9. The monoisotopic (exact) mass is 729 g/mol. The number of aromatic nitrogens is 5.